The second-order valence-corrected chi connectivity index (χ2v) is 6.02. The Balaban J connectivity index is 1.58. The SMILES string of the molecule is Cc1cccc(N[C@@H](C)c2ccc(NC(=O)NC3CC3)cc2)n1. The van der Waals surface area contributed by atoms with Gasteiger partial charge >= 0.3 is 6.03 Å². The molecule has 0 unspecified atom stereocenters. The van der Waals surface area contributed by atoms with Gasteiger partial charge in [0.25, 0.3) is 0 Å². The third kappa shape index (κ3) is 4.45. The Morgan fingerprint density at radius 3 is 2.57 bits per heavy atom. The lowest BCUT2D eigenvalue weighted by molar-refractivity contribution is 0.251. The molecular weight excluding hydrogens is 288 g/mol. The summed E-state index contributed by atoms with van der Waals surface area (Å²) >= 11 is 0. The average Bonchev–Trinajstić information content (AvgIpc) is 3.31. The largest absolute Gasteiger partial charge is 0.364 e. The predicted molar refractivity (Wildman–Crippen MR) is 92.6 cm³/mol. The number of aromatic nitrogens is 1. The van der Waals surface area contributed by atoms with Gasteiger partial charge in [-0.15, -0.1) is 0 Å². The van der Waals surface area contributed by atoms with Crippen LogP contribution in [-0.4, -0.2) is 17.1 Å². The first-order valence-corrected chi connectivity index (χ1v) is 7.98. The number of aryl methyl sites for hydroxylation is 1. The van der Waals surface area contributed by atoms with Crippen LogP contribution in [0.15, 0.2) is 42.5 Å². The van der Waals surface area contributed by atoms with Crippen LogP contribution in [0.4, 0.5) is 16.3 Å². The van der Waals surface area contributed by atoms with E-state index in [2.05, 4.69) is 27.9 Å². The summed E-state index contributed by atoms with van der Waals surface area (Å²) < 4.78 is 0. The molecule has 1 saturated carbocycles. The summed E-state index contributed by atoms with van der Waals surface area (Å²) in [6, 6.07) is 14.2. The van der Waals surface area contributed by atoms with Crippen molar-refractivity contribution in [2.75, 3.05) is 10.6 Å². The molecule has 5 heteroatoms. The molecule has 1 heterocycles. The number of amides is 2. The number of pyridine rings is 1. The summed E-state index contributed by atoms with van der Waals surface area (Å²) in [4.78, 5) is 16.2. The zero-order valence-corrected chi connectivity index (χ0v) is 13.5. The second-order valence-electron chi connectivity index (χ2n) is 6.02. The van der Waals surface area contributed by atoms with E-state index >= 15 is 0 Å². The van der Waals surface area contributed by atoms with E-state index in [9.17, 15) is 4.79 Å². The molecule has 2 aromatic rings. The van der Waals surface area contributed by atoms with Gasteiger partial charge in [0.2, 0.25) is 0 Å². The zero-order valence-electron chi connectivity index (χ0n) is 13.5. The molecule has 120 valence electrons. The Morgan fingerprint density at radius 2 is 1.91 bits per heavy atom. The van der Waals surface area contributed by atoms with Crippen LogP contribution in [0, 0.1) is 6.92 Å². The molecule has 3 N–H and O–H groups in total. The Hall–Kier alpha value is -2.56. The number of nitrogens with one attached hydrogen (secondary N) is 3. The van der Waals surface area contributed by atoms with Crippen LogP contribution in [0.5, 0.6) is 0 Å². The number of anilines is 2. The number of carbonyl (C=O) groups excluding carboxylic acids is 1. The van der Waals surface area contributed by atoms with Gasteiger partial charge in [-0.25, -0.2) is 9.78 Å². The number of hydrogen-bond acceptors (Lipinski definition) is 3. The number of urea groups is 1. The second kappa shape index (κ2) is 6.69. The first kappa shape index (κ1) is 15.3. The summed E-state index contributed by atoms with van der Waals surface area (Å²) in [6.45, 7) is 4.06. The van der Waals surface area contributed by atoms with Crippen LogP contribution < -0.4 is 16.0 Å². The highest BCUT2D eigenvalue weighted by atomic mass is 16.2. The molecule has 1 fully saturated rings. The highest BCUT2D eigenvalue weighted by molar-refractivity contribution is 5.89. The summed E-state index contributed by atoms with van der Waals surface area (Å²) in [6.07, 6.45) is 2.17. The third-order valence-electron chi connectivity index (χ3n) is 3.83. The van der Waals surface area contributed by atoms with E-state index in [1.807, 2.05) is 49.4 Å². The Kier molecular flexibility index (Phi) is 4.46. The molecule has 0 saturated heterocycles. The lowest BCUT2D eigenvalue weighted by Gasteiger charge is -2.16. The third-order valence-corrected chi connectivity index (χ3v) is 3.83. The number of rotatable bonds is 5. The van der Waals surface area contributed by atoms with Crippen molar-refractivity contribution in [1.82, 2.24) is 10.3 Å². The van der Waals surface area contributed by atoms with Crippen molar-refractivity contribution in [2.24, 2.45) is 0 Å². The van der Waals surface area contributed by atoms with E-state index in [1.54, 1.807) is 0 Å². The molecule has 1 aromatic carbocycles. The first-order chi connectivity index (χ1) is 11.1. The molecule has 3 rings (SSSR count). The molecule has 23 heavy (non-hydrogen) atoms. The molecular formula is C18H22N4O. The first-order valence-electron chi connectivity index (χ1n) is 7.98. The number of nitrogens with zero attached hydrogens (tertiary/aromatic N) is 1. The van der Waals surface area contributed by atoms with Crippen molar-refractivity contribution in [2.45, 2.75) is 38.8 Å². The maximum Gasteiger partial charge on any atom is 0.319 e. The highest BCUT2D eigenvalue weighted by Gasteiger charge is 2.23. The minimum absolute atomic E-state index is 0.129. The fraction of sp³-hybridized carbons (Fsp3) is 0.333. The molecule has 2 amide bonds. The number of hydrogen-bond donors (Lipinski definition) is 3. The van der Waals surface area contributed by atoms with Crippen molar-refractivity contribution in [3.05, 3.63) is 53.7 Å². The van der Waals surface area contributed by atoms with E-state index in [0.29, 0.717) is 6.04 Å². The van der Waals surface area contributed by atoms with Gasteiger partial charge in [0.1, 0.15) is 5.82 Å². The zero-order chi connectivity index (χ0) is 16.2. The Morgan fingerprint density at radius 1 is 1.17 bits per heavy atom. The van der Waals surface area contributed by atoms with Crippen LogP contribution in [0.1, 0.15) is 37.1 Å². The van der Waals surface area contributed by atoms with Crippen molar-refractivity contribution < 1.29 is 4.79 Å². The van der Waals surface area contributed by atoms with Gasteiger partial charge in [0.15, 0.2) is 0 Å². The summed E-state index contributed by atoms with van der Waals surface area (Å²) in [7, 11) is 0. The maximum absolute atomic E-state index is 11.7. The molecule has 1 atom stereocenters. The van der Waals surface area contributed by atoms with E-state index in [-0.39, 0.29) is 12.1 Å². The topological polar surface area (TPSA) is 66.0 Å². The van der Waals surface area contributed by atoms with E-state index in [0.717, 1.165) is 35.6 Å². The normalized spacial score (nSPS) is 14.9. The predicted octanol–water partition coefficient (Wildman–Crippen LogP) is 3.85. The fourth-order valence-corrected chi connectivity index (χ4v) is 2.36. The lowest BCUT2D eigenvalue weighted by Crippen LogP contribution is -2.30. The van der Waals surface area contributed by atoms with E-state index in [4.69, 9.17) is 0 Å². The molecule has 0 spiro atoms. The minimum Gasteiger partial charge on any atom is -0.364 e. The van der Waals surface area contributed by atoms with Crippen LogP contribution in [0.25, 0.3) is 0 Å². The van der Waals surface area contributed by atoms with Crippen molar-refractivity contribution in [1.29, 1.82) is 0 Å². The van der Waals surface area contributed by atoms with Gasteiger partial charge in [0.05, 0.1) is 0 Å². The van der Waals surface area contributed by atoms with Crippen LogP contribution in [0.2, 0.25) is 0 Å². The standard InChI is InChI=1S/C18H22N4O/c1-12-4-3-5-17(19-12)20-13(2)14-6-8-15(9-7-14)21-18(23)22-16-10-11-16/h3-9,13,16H,10-11H2,1-2H3,(H,19,20)(H2,21,22,23)/t13-/m0/s1. The average molecular weight is 310 g/mol. The molecule has 0 aliphatic heterocycles. The number of benzene rings is 1. The minimum atomic E-state index is -0.129. The monoisotopic (exact) mass is 310 g/mol. The van der Waals surface area contributed by atoms with Gasteiger partial charge in [-0.05, 0) is 56.5 Å². The smallest absolute Gasteiger partial charge is 0.319 e. The maximum atomic E-state index is 11.7. The molecule has 0 radical (unpaired) electrons. The molecule has 1 aliphatic rings. The summed E-state index contributed by atoms with van der Waals surface area (Å²) in [5.74, 6) is 0.864. The Labute approximate surface area is 136 Å². The molecule has 1 aliphatic carbocycles. The number of carbonyl (C=O) groups is 1. The van der Waals surface area contributed by atoms with Crippen LogP contribution in [-0.2, 0) is 0 Å². The van der Waals surface area contributed by atoms with E-state index < -0.39 is 0 Å². The van der Waals surface area contributed by atoms with Crippen molar-refractivity contribution in [3.8, 4) is 0 Å². The highest BCUT2D eigenvalue weighted by Crippen LogP contribution is 2.21. The summed E-state index contributed by atoms with van der Waals surface area (Å²) in [5.41, 5.74) is 2.93. The van der Waals surface area contributed by atoms with Gasteiger partial charge in [-0.1, -0.05) is 18.2 Å². The Bertz CT molecular complexity index is 680. The quantitative estimate of drug-likeness (QED) is 0.786. The fourth-order valence-electron chi connectivity index (χ4n) is 2.36. The molecule has 0 bridgehead atoms. The van der Waals surface area contributed by atoms with Crippen molar-refractivity contribution in [3.63, 3.8) is 0 Å². The van der Waals surface area contributed by atoms with Gasteiger partial charge in [0, 0.05) is 23.5 Å². The van der Waals surface area contributed by atoms with Gasteiger partial charge < -0.3 is 16.0 Å². The van der Waals surface area contributed by atoms with Gasteiger partial charge in [-0.3, -0.25) is 0 Å². The lowest BCUT2D eigenvalue weighted by atomic mass is 10.1. The molecule has 1 aromatic heterocycles. The van der Waals surface area contributed by atoms with Gasteiger partial charge in [-0.2, -0.15) is 0 Å². The van der Waals surface area contributed by atoms with Crippen molar-refractivity contribution >= 4 is 17.5 Å². The van der Waals surface area contributed by atoms with E-state index in [1.165, 1.54) is 0 Å². The van der Waals surface area contributed by atoms with Crippen LogP contribution in [0.3, 0.4) is 0 Å². The molecule has 5 nitrogen and oxygen atoms in total. The van der Waals surface area contributed by atoms with Crippen LogP contribution >= 0.6 is 0 Å². The summed E-state index contributed by atoms with van der Waals surface area (Å²) in [5, 5.41) is 9.14.